The number of rotatable bonds is 4. The number of hydrogen-bond donors (Lipinski definition) is 1. The number of aryl methyl sites for hydroxylation is 1. The van der Waals surface area contributed by atoms with Gasteiger partial charge in [-0.2, -0.15) is 0 Å². The van der Waals surface area contributed by atoms with E-state index in [-0.39, 0.29) is 5.91 Å². The van der Waals surface area contributed by atoms with Crippen LogP contribution in [-0.4, -0.2) is 13.0 Å². The number of hydrogen-bond acceptors (Lipinski definition) is 3. The third kappa shape index (κ3) is 3.33. The van der Waals surface area contributed by atoms with Crippen LogP contribution in [0.3, 0.4) is 0 Å². The Balaban J connectivity index is 1.62. The van der Waals surface area contributed by atoms with E-state index in [0.29, 0.717) is 6.54 Å². The van der Waals surface area contributed by atoms with Crippen LogP contribution in [-0.2, 0) is 19.4 Å². The normalized spacial score (nSPS) is 16.9. The van der Waals surface area contributed by atoms with E-state index in [4.69, 9.17) is 4.74 Å². The lowest BCUT2D eigenvalue weighted by atomic mass is 9.90. The Hall–Kier alpha value is -1.81. The zero-order chi connectivity index (χ0) is 15.5. The number of thiophene rings is 1. The molecule has 3 rings (SSSR count). The molecule has 22 heavy (non-hydrogen) atoms. The zero-order valence-corrected chi connectivity index (χ0v) is 13.8. The maximum Gasteiger partial charge on any atom is 0.261 e. The number of carbonyl (C=O) groups excluding carboxylic acids is 1. The van der Waals surface area contributed by atoms with Crippen LogP contribution < -0.4 is 10.1 Å². The van der Waals surface area contributed by atoms with Crippen LogP contribution in [0.1, 0.15) is 39.0 Å². The molecule has 0 saturated heterocycles. The highest BCUT2D eigenvalue weighted by molar-refractivity contribution is 7.14. The lowest BCUT2D eigenvalue weighted by Gasteiger charge is -2.16. The minimum absolute atomic E-state index is 0.0304. The fourth-order valence-corrected chi connectivity index (χ4v) is 3.96. The average Bonchev–Trinajstić information content (AvgIpc) is 2.96. The van der Waals surface area contributed by atoms with E-state index in [1.807, 2.05) is 24.3 Å². The van der Waals surface area contributed by atoms with Gasteiger partial charge in [-0.05, 0) is 54.5 Å². The Morgan fingerprint density at radius 1 is 1.36 bits per heavy atom. The van der Waals surface area contributed by atoms with Crippen molar-refractivity contribution in [3.8, 4) is 5.75 Å². The molecular weight excluding hydrogens is 294 g/mol. The molecule has 4 heteroatoms. The van der Waals surface area contributed by atoms with Gasteiger partial charge in [0.1, 0.15) is 5.75 Å². The number of amides is 1. The Morgan fingerprint density at radius 3 is 2.86 bits per heavy atom. The van der Waals surface area contributed by atoms with Gasteiger partial charge in [0.25, 0.3) is 5.91 Å². The van der Waals surface area contributed by atoms with Crippen LogP contribution in [0.2, 0.25) is 0 Å². The molecule has 1 heterocycles. The van der Waals surface area contributed by atoms with Gasteiger partial charge >= 0.3 is 0 Å². The van der Waals surface area contributed by atoms with Crippen molar-refractivity contribution >= 4 is 17.2 Å². The van der Waals surface area contributed by atoms with Gasteiger partial charge in [0, 0.05) is 11.4 Å². The van der Waals surface area contributed by atoms with Crippen molar-refractivity contribution in [1.82, 2.24) is 5.32 Å². The van der Waals surface area contributed by atoms with Crippen LogP contribution in [0.4, 0.5) is 0 Å². The topological polar surface area (TPSA) is 38.3 Å². The molecule has 0 unspecified atom stereocenters. The van der Waals surface area contributed by atoms with Crippen molar-refractivity contribution in [2.75, 3.05) is 7.11 Å². The van der Waals surface area contributed by atoms with Crippen LogP contribution in [0.25, 0.3) is 0 Å². The van der Waals surface area contributed by atoms with E-state index in [9.17, 15) is 4.79 Å². The van der Waals surface area contributed by atoms with Crippen molar-refractivity contribution in [2.24, 2.45) is 5.92 Å². The first-order valence-corrected chi connectivity index (χ1v) is 8.50. The highest BCUT2D eigenvalue weighted by Gasteiger charge is 2.20. The van der Waals surface area contributed by atoms with Gasteiger partial charge in [0.2, 0.25) is 0 Å². The monoisotopic (exact) mass is 315 g/mol. The van der Waals surface area contributed by atoms with E-state index in [1.165, 1.54) is 16.9 Å². The maximum absolute atomic E-state index is 12.3. The Kier molecular flexibility index (Phi) is 4.48. The first-order chi connectivity index (χ1) is 10.7. The number of carbonyl (C=O) groups is 1. The van der Waals surface area contributed by atoms with Crippen molar-refractivity contribution in [1.29, 1.82) is 0 Å². The third-order valence-electron chi connectivity index (χ3n) is 4.17. The molecule has 1 aromatic heterocycles. The predicted octanol–water partition coefficient (Wildman–Crippen LogP) is 3.81. The van der Waals surface area contributed by atoms with E-state index in [0.717, 1.165) is 34.9 Å². The van der Waals surface area contributed by atoms with Gasteiger partial charge in [-0.15, -0.1) is 11.3 Å². The Morgan fingerprint density at radius 2 is 2.14 bits per heavy atom. The summed E-state index contributed by atoms with van der Waals surface area (Å²) in [6.07, 6.45) is 3.46. The molecule has 2 aromatic rings. The SMILES string of the molecule is COc1ccc(CNC(=O)c2cc3c(s2)CC[C@@H](C)C3)cc1. The van der Waals surface area contributed by atoms with Crippen LogP contribution in [0.15, 0.2) is 30.3 Å². The summed E-state index contributed by atoms with van der Waals surface area (Å²) in [6, 6.07) is 9.85. The lowest BCUT2D eigenvalue weighted by Crippen LogP contribution is -2.21. The van der Waals surface area contributed by atoms with E-state index in [1.54, 1.807) is 18.4 Å². The van der Waals surface area contributed by atoms with Crippen molar-refractivity contribution in [3.05, 3.63) is 51.2 Å². The molecule has 1 N–H and O–H groups in total. The van der Waals surface area contributed by atoms with Gasteiger partial charge in [0.05, 0.1) is 12.0 Å². The fraction of sp³-hybridized carbons (Fsp3) is 0.389. The summed E-state index contributed by atoms with van der Waals surface area (Å²) in [5.41, 5.74) is 2.45. The molecule has 116 valence electrons. The molecule has 0 spiro atoms. The minimum atomic E-state index is 0.0304. The maximum atomic E-state index is 12.3. The van der Waals surface area contributed by atoms with Crippen molar-refractivity contribution in [3.63, 3.8) is 0 Å². The first-order valence-electron chi connectivity index (χ1n) is 7.68. The van der Waals surface area contributed by atoms with E-state index >= 15 is 0 Å². The molecule has 1 amide bonds. The molecule has 0 fully saturated rings. The van der Waals surface area contributed by atoms with Gasteiger partial charge < -0.3 is 10.1 Å². The summed E-state index contributed by atoms with van der Waals surface area (Å²) >= 11 is 1.65. The first kappa shape index (κ1) is 15.1. The molecule has 0 radical (unpaired) electrons. The summed E-state index contributed by atoms with van der Waals surface area (Å²) < 4.78 is 5.13. The molecule has 0 aliphatic heterocycles. The van der Waals surface area contributed by atoms with Gasteiger partial charge in [-0.25, -0.2) is 0 Å². The summed E-state index contributed by atoms with van der Waals surface area (Å²) in [7, 11) is 1.65. The molecule has 1 aliphatic rings. The predicted molar refractivity (Wildman–Crippen MR) is 89.7 cm³/mol. The molecule has 3 nitrogen and oxygen atoms in total. The number of fused-ring (bicyclic) bond motifs is 1. The minimum Gasteiger partial charge on any atom is -0.497 e. The summed E-state index contributed by atoms with van der Waals surface area (Å²) in [6.45, 7) is 2.83. The highest BCUT2D eigenvalue weighted by atomic mass is 32.1. The van der Waals surface area contributed by atoms with E-state index < -0.39 is 0 Å². The van der Waals surface area contributed by atoms with Crippen molar-refractivity contribution in [2.45, 2.75) is 32.7 Å². The van der Waals surface area contributed by atoms with E-state index in [2.05, 4.69) is 18.3 Å². The van der Waals surface area contributed by atoms with Gasteiger partial charge in [-0.1, -0.05) is 19.1 Å². The number of ether oxygens (including phenoxy) is 1. The van der Waals surface area contributed by atoms with Crippen LogP contribution in [0, 0.1) is 5.92 Å². The quantitative estimate of drug-likeness (QED) is 0.931. The Bertz CT molecular complexity index is 660. The lowest BCUT2D eigenvalue weighted by molar-refractivity contribution is 0.0955. The average molecular weight is 315 g/mol. The van der Waals surface area contributed by atoms with Crippen LogP contribution >= 0.6 is 11.3 Å². The molecule has 0 bridgehead atoms. The third-order valence-corrected chi connectivity index (χ3v) is 5.40. The Labute approximate surface area is 135 Å². The number of benzene rings is 1. The fourth-order valence-electron chi connectivity index (χ4n) is 2.83. The van der Waals surface area contributed by atoms with Crippen molar-refractivity contribution < 1.29 is 9.53 Å². The summed E-state index contributed by atoms with van der Waals surface area (Å²) in [4.78, 5) is 14.6. The largest absolute Gasteiger partial charge is 0.497 e. The van der Waals surface area contributed by atoms with Crippen LogP contribution in [0.5, 0.6) is 5.75 Å². The smallest absolute Gasteiger partial charge is 0.261 e. The molecule has 0 saturated carbocycles. The molecule has 1 aromatic carbocycles. The van der Waals surface area contributed by atoms with Gasteiger partial charge in [0.15, 0.2) is 0 Å². The number of methoxy groups -OCH3 is 1. The van der Waals surface area contributed by atoms with Gasteiger partial charge in [-0.3, -0.25) is 4.79 Å². The standard InChI is InChI=1S/C18H21NO2S/c1-12-3-8-16-14(9-12)10-17(22-16)18(20)19-11-13-4-6-15(21-2)7-5-13/h4-7,10,12H,3,8-9,11H2,1-2H3,(H,19,20)/t12-/m1/s1. The zero-order valence-electron chi connectivity index (χ0n) is 13.0. The highest BCUT2D eigenvalue weighted by Crippen LogP contribution is 2.32. The molecule has 1 aliphatic carbocycles. The molecule has 1 atom stereocenters. The number of nitrogens with one attached hydrogen (secondary N) is 1. The summed E-state index contributed by atoms with van der Waals surface area (Å²) in [5, 5.41) is 3.00. The molecular formula is C18H21NO2S. The second-order valence-electron chi connectivity index (χ2n) is 5.94. The second-order valence-corrected chi connectivity index (χ2v) is 7.07. The summed E-state index contributed by atoms with van der Waals surface area (Å²) in [5.74, 6) is 1.59. The second kappa shape index (κ2) is 6.53.